The number of rotatable bonds is 6. The number of nitrogens with two attached hydrogens (primary N) is 1. The zero-order chi connectivity index (χ0) is 16.2. The predicted molar refractivity (Wildman–Crippen MR) is 92.0 cm³/mol. The molecule has 1 saturated heterocycles. The van der Waals surface area contributed by atoms with Crippen molar-refractivity contribution in [1.82, 2.24) is 9.29 Å². The molecule has 0 aliphatic carbocycles. The van der Waals surface area contributed by atoms with E-state index in [0.717, 1.165) is 20.2 Å². The standard InChI is InChI=1S/C14H20N4O3S2/c15-8-10(19)9-16-14-17-12-2-1-11(7-13(12)22-14)23(20)18-3-5-21-6-4-18/h1-2,7,10,19H,3-6,8-9,15H2,(H,16,17). The molecule has 0 amide bonds. The zero-order valence-electron chi connectivity index (χ0n) is 12.6. The van der Waals surface area contributed by atoms with Crippen molar-refractivity contribution in [3.8, 4) is 0 Å². The van der Waals surface area contributed by atoms with E-state index in [0.29, 0.717) is 32.8 Å². The molecule has 2 aromatic rings. The first kappa shape index (κ1) is 16.7. The smallest absolute Gasteiger partial charge is 0.183 e. The monoisotopic (exact) mass is 356 g/mol. The Bertz CT molecular complexity index is 688. The average molecular weight is 356 g/mol. The van der Waals surface area contributed by atoms with Crippen LogP contribution in [0.5, 0.6) is 0 Å². The quantitative estimate of drug-likeness (QED) is 0.692. The molecule has 9 heteroatoms. The van der Waals surface area contributed by atoms with E-state index in [2.05, 4.69) is 10.3 Å². The Morgan fingerprint density at radius 1 is 1.48 bits per heavy atom. The lowest BCUT2D eigenvalue weighted by molar-refractivity contribution is 0.0752. The van der Waals surface area contributed by atoms with Gasteiger partial charge in [0.1, 0.15) is 11.0 Å². The summed E-state index contributed by atoms with van der Waals surface area (Å²) in [6.45, 7) is 3.16. The van der Waals surface area contributed by atoms with E-state index in [1.54, 1.807) is 0 Å². The SMILES string of the molecule is NCC(O)CNc1nc2ccc(S(=O)N3CCOCC3)cc2s1. The Balaban J connectivity index is 1.74. The summed E-state index contributed by atoms with van der Waals surface area (Å²) >= 11 is 1.48. The van der Waals surface area contributed by atoms with Gasteiger partial charge in [-0.05, 0) is 18.2 Å². The number of hydrogen-bond acceptors (Lipinski definition) is 7. The van der Waals surface area contributed by atoms with Gasteiger partial charge in [-0.15, -0.1) is 0 Å². The second-order valence-corrected chi connectivity index (χ2v) is 7.73. The van der Waals surface area contributed by atoms with E-state index in [1.165, 1.54) is 11.3 Å². The Labute approximate surface area is 141 Å². The third-order valence-electron chi connectivity index (χ3n) is 3.53. The number of aliphatic hydroxyl groups excluding tert-OH is 1. The number of aliphatic hydroxyl groups is 1. The fourth-order valence-electron chi connectivity index (χ4n) is 2.24. The minimum Gasteiger partial charge on any atom is -0.390 e. The highest BCUT2D eigenvalue weighted by Crippen LogP contribution is 2.28. The van der Waals surface area contributed by atoms with Crippen LogP contribution in [0.1, 0.15) is 0 Å². The van der Waals surface area contributed by atoms with Crippen LogP contribution in [0.3, 0.4) is 0 Å². The fourth-order valence-corrected chi connectivity index (χ4v) is 4.41. The van der Waals surface area contributed by atoms with Crippen LogP contribution < -0.4 is 11.1 Å². The first-order valence-electron chi connectivity index (χ1n) is 7.44. The van der Waals surface area contributed by atoms with E-state index < -0.39 is 17.1 Å². The molecule has 2 unspecified atom stereocenters. The summed E-state index contributed by atoms with van der Waals surface area (Å²) in [6.07, 6.45) is -0.591. The molecule has 126 valence electrons. The molecule has 3 rings (SSSR count). The summed E-state index contributed by atoms with van der Waals surface area (Å²) in [5.41, 5.74) is 6.23. The number of morpholine rings is 1. The maximum atomic E-state index is 12.6. The van der Waals surface area contributed by atoms with Crippen molar-refractivity contribution in [3.05, 3.63) is 18.2 Å². The van der Waals surface area contributed by atoms with Gasteiger partial charge in [0.2, 0.25) is 0 Å². The van der Waals surface area contributed by atoms with Gasteiger partial charge in [-0.2, -0.15) is 0 Å². The Morgan fingerprint density at radius 3 is 3.00 bits per heavy atom. The van der Waals surface area contributed by atoms with E-state index in [1.807, 2.05) is 22.5 Å². The van der Waals surface area contributed by atoms with Crippen molar-refractivity contribution in [2.75, 3.05) is 44.7 Å². The molecular formula is C14H20N4O3S2. The molecule has 23 heavy (non-hydrogen) atoms. The van der Waals surface area contributed by atoms with Crippen LogP contribution in [-0.4, -0.2) is 64.1 Å². The summed E-state index contributed by atoms with van der Waals surface area (Å²) in [5.74, 6) is 0. The molecule has 1 aliphatic rings. The molecule has 0 bridgehead atoms. The Hall–Kier alpha value is -1.10. The number of fused-ring (bicyclic) bond motifs is 1. The van der Waals surface area contributed by atoms with Crippen LogP contribution in [-0.2, 0) is 15.7 Å². The Kier molecular flexibility index (Phi) is 5.57. The van der Waals surface area contributed by atoms with Crippen LogP contribution >= 0.6 is 11.3 Å². The molecule has 7 nitrogen and oxygen atoms in total. The van der Waals surface area contributed by atoms with E-state index in [-0.39, 0.29) is 6.54 Å². The molecule has 0 radical (unpaired) electrons. The predicted octanol–water partition coefficient (Wildman–Crippen LogP) is 0.383. The molecule has 1 aliphatic heterocycles. The summed E-state index contributed by atoms with van der Waals surface area (Å²) in [5, 5.41) is 13.3. The molecule has 2 heterocycles. The van der Waals surface area contributed by atoms with Gasteiger partial charge >= 0.3 is 0 Å². The lowest BCUT2D eigenvalue weighted by Gasteiger charge is -2.25. The molecule has 1 aromatic heterocycles. The largest absolute Gasteiger partial charge is 0.390 e. The van der Waals surface area contributed by atoms with Crippen molar-refractivity contribution < 1.29 is 14.1 Å². The molecular weight excluding hydrogens is 336 g/mol. The first-order valence-corrected chi connectivity index (χ1v) is 9.37. The molecule has 1 fully saturated rings. The van der Waals surface area contributed by atoms with Crippen molar-refractivity contribution in [3.63, 3.8) is 0 Å². The summed E-state index contributed by atoms with van der Waals surface area (Å²) in [7, 11) is -1.17. The Morgan fingerprint density at radius 2 is 2.26 bits per heavy atom. The number of nitrogens with one attached hydrogen (secondary N) is 1. The maximum absolute atomic E-state index is 12.6. The lowest BCUT2D eigenvalue weighted by atomic mass is 10.3. The van der Waals surface area contributed by atoms with Gasteiger partial charge in [0, 0.05) is 26.2 Å². The molecule has 2 atom stereocenters. The summed E-state index contributed by atoms with van der Waals surface area (Å²) in [6, 6.07) is 5.65. The molecule has 4 N–H and O–H groups in total. The highest BCUT2D eigenvalue weighted by Gasteiger charge is 2.19. The average Bonchev–Trinajstić information content (AvgIpc) is 3.01. The van der Waals surface area contributed by atoms with Crippen molar-refractivity contribution in [2.45, 2.75) is 11.0 Å². The second kappa shape index (κ2) is 7.65. The van der Waals surface area contributed by atoms with Gasteiger partial charge in [-0.1, -0.05) is 11.3 Å². The summed E-state index contributed by atoms with van der Waals surface area (Å²) in [4.78, 5) is 5.23. The van der Waals surface area contributed by atoms with Gasteiger partial charge in [0.05, 0.1) is 34.4 Å². The van der Waals surface area contributed by atoms with Gasteiger partial charge in [0.25, 0.3) is 0 Å². The van der Waals surface area contributed by atoms with Crippen LogP contribution in [0, 0.1) is 0 Å². The fraction of sp³-hybridized carbons (Fsp3) is 0.500. The molecule has 0 saturated carbocycles. The van der Waals surface area contributed by atoms with Crippen molar-refractivity contribution in [1.29, 1.82) is 0 Å². The van der Waals surface area contributed by atoms with Gasteiger partial charge in [0.15, 0.2) is 5.13 Å². The number of hydrogen-bond donors (Lipinski definition) is 3. The first-order chi connectivity index (χ1) is 11.2. The van der Waals surface area contributed by atoms with Crippen molar-refractivity contribution >= 4 is 37.7 Å². The topological polar surface area (TPSA) is 101 Å². The van der Waals surface area contributed by atoms with Gasteiger partial charge in [-0.25, -0.2) is 13.5 Å². The normalized spacial score (nSPS) is 18.9. The molecule has 1 aromatic carbocycles. The number of ether oxygens (including phenoxy) is 1. The maximum Gasteiger partial charge on any atom is 0.183 e. The number of benzene rings is 1. The lowest BCUT2D eigenvalue weighted by Crippen LogP contribution is -2.37. The van der Waals surface area contributed by atoms with Crippen LogP contribution in [0.25, 0.3) is 10.2 Å². The van der Waals surface area contributed by atoms with E-state index >= 15 is 0 Å². The van der Waals surface area contributed by atoms with Crippen molar-refractivity contribution in [2.24, 2.45) is 5.73 Å². The van der Waals surface area contributed by atoms with E-state index in [4.69, 9.17) is 10.5 Å². The second-order valence-electron chi connectivity index (χ2n) is 5.21. The number of thiazole rings is 1. The minimum atomic E-state index is -1.17. The number of nitrogens with zero attached hydrogens (tertiary/aromatic N) is 2. The number of anilines is 1. The van der Waals surface area contributed by atoms with Crippen LogP contribution in [0.2, 0.25) is 0 Å². The third kappa shape index (κ3) is 4.06. The summed E-state index contributed by atoms with van der Waals surface area (Å²) < 4.78 is 20.8. The molecule has 0 spiro atoms. The highest BCUT2D eigenvalue weighted by atomic mass is 32.2. The van der Waals surface area contributed by atoms with E-state index in [9.17, 15) is 9.32 Å². The van der Waals surface area contributed by atoms with Crippen LogP contribution in [0.4, 0.5) is 5.13 Å². The highest BCUT2D eigenvalue weighted by molar-refractivity contribution is 7.82. The van der Waals surface area contributed by atoms with Gasteiger partial charge in [-0.3, -0.25) is 0 Å². The minimum absolute atomic E-state index is 0.209. The van der Waals surface area contributed by atoms with Crippen LogP contribution in [0.15, 0.2) is 23.1 Å². The number of aromatic nitrogens is 1. The van der Waals surface area contributed by atoms with Gasteiger partial charge < -0.3 is 20.9 Å². The third-order valence-corrected chi connectivity index (χ3v) is 5.99. The zero-order valence-corrected chi connectivity index (χ0v) is 14.2.